The van der Waals surface area contributed by atoms with E-state index in [-0.39, 0.29) is 30.6 Å². The molecule has 2 N–H and O–H groups in total. The Kier molecular flexibility index (Phi) is 5.56. The minimum atomic E-state index is -0.261. The highest BCUT2D eigenvalue weighted by Gasteiger charge is 2.30. The van der Waals surface area contributed by atoms with Crippen LogP contribution in [0.4, 0.5) is 10.1 Å². The third kappa shape index (κ3) is 3.54. The molecule has 0 aliphatic carbocycles. The molecule has 0 aromatic heterocycles. The third-order valence-electron chi connectivity index (χ3n) is 3.99. The molecule has 1 fully saturated rings. The summed E-state index contributed by atoms with van der Waals surface area (Å²) in [6.45, 7) is 7.87. The van der Waals surface area contributed by atoms with Gasteiger partial charge in [0.15, 0.2) is 0 Å². The Morgan fingerprint density at radius 1 is 1.52 bits per heavy atom. The van der Waals surface area contributed by atoms with Crippen LogP contribution in [0.25, 0.3) is 0 Å². The van der Waals surface area contributed by atoms with Crippen molar-refractivity contribution in [1.29, 1.82) is 0 Å². The number of nitrogens with zero attached hydrogens (tertiary/aromatic N) is 1. The van der Waals surface area contributed by atoms with E-state index in [2.05, 4.69) is 5.32 Å². The van der Waals surface area contributed by atoms with Gasteiger partial charge in [0.2, 0.25) is 0 Å². The second-order valence-electron chi connectivity index (χ2n) is 5.60. The summed E-state index contributed by atoms with van der Waals surface area (Å²) in [6, 6.07) is 5.35. The standard InChI is InChI=1S/C16H25FN2O2/c1-4-18-12(3)14-6-5-7-15(17)16(14)19-8-13(9-20)21-10-11(19)2/h5-7,11-13,18,20H,4,8-10H2,1-3H3. The predicted octanol–water partition coefficient (Wildman–Crippen LogP) is 2.08. The quantitative estimate of drug-likeness (QED) is 0.873. The van der Waals surface area contributed by atoms with E-state index in [0.29, 0.717) is 18.8 Å². The van der Waals surface area contributed by atoms with E-state index in [9.17, 15) is 9.50 Å². The van der Waals surface area contributed by atoms with Gasteiger partial charge in [-0.25, -0.2) is 4.39 Å². The number of anilines is 1. The maximum absolute atomic E-state index is 14.5. The number of benzene rings is 1. The average molecular weight is 296 g/mol. The van der Waals surface area contributed by atoms with Gasteiger partial charge in [0.1, 0.15) is 5.82 Å². The first kappa shape index (κ1) is 16.2. The lowest BCUT2D eigenvalue weighted by Gasteiger charge is -2.40. The van der Waals surface area contributed by atoms with Gasteiger partial charge in [-0.05, 0) is 32.0 Å². The summed E-state index contributed by atoms with van der Waals surface area (Å²) in [6.07, 6.45) is -0.261. The lowest BCUT2D eigenvalue weighted by molar-refractivity contribution is -0.0105. The van der Waals surface area contributed by atoms with Gasteiger partial charge < -0.3 is 20.1 Å². The van der Waals surface area contributed by atoms with Crippen molar-refractivity contribution >= 4 is 5.69 Å². The van der Waals surface area contributed by atoms with Crippen LogP contribution in [0.1, 0.15) is 32.4 Å². The molecule has 1 aromatic rings. The maximum Gasteiger partial charge on any atom is 0.146 e. The lowest BCUT2D eigenvalue weighted by Crippen LogP contribution is -2.50. The van der Waals surface area contributed by atoms with Crippen molar-refractivity contribution < 1.29 is 14.2 Å². The zero-order valence-electron chi connectivity index (χ0n) is 13.0. The van der Waals surface area contributed by atoms with Gasteiger partial charge in [-0.1, -0.05) is 19.1 Å². The van der Waals surface area contributed by atoms with E-state index in [1.807, 2.05) is 31.7 Å². The van der Waals surface area contributed by atoms with Crippen LogP contribution in [0.15, 0.2) is 18.2 Å². The van der Waals surface area contributed by atoms with Gasteiger partial charge in [0.25, 0.3) is 0 Å². The highest BCUT2D eigenvalue weighted by atomic mass is 19.1. The van der Waals surface area contributed by atoms with Gasteiger partial charge in [0.05, 0.1) is 25.0 Å². The van der Waals surface area contributed by atoms with Gasteiger partial charge in [-0.3, -0.25) is 0 Å². The number of aliphatic hydroxyl groups is 1. The van der Waals surface area contributed by atoms with Gasteiger partial charge in [0, 0.05) is 18.6 Å². The summed E-state index contributed by atoms with van der Waals surface area (Å²) in [5.74, 6) is -0.220. The molecule has 5 heteroatoms. The van der Waals surface area contributed by atoms with Crippen LogP contribution >= 0.6 is 0 Å². The van der Waals surface area contributed by atoms with Crippen molar-refractivity contribution in [3.05, 3.63) is 29.6 Å². The number of morpholine rings is 1. The highest BCUT2D eigenvalue weighted by Crippen LogP contribution is 2.32. The molecule has 1 aliphatic heterocycles. The fraction of sp³-hybridized carbons (Fsp3) is 0.625. The van der Waals surface area contributed by atoms with Crippen LogP contribution in [0, 0.1) is 5.82 Å². The first-order valence-electron chi connectivity index (χ1n) is 7.59. The second kappa shape index (κ2) is 7.20. The van der Waals surface area contributed by atoms with Crippen molar-refractivity contribution in [1.82, 2.24) is 5.32 Å². The topological polar surface area (TPSA) is 44.7 Å². The molecular weight excluding hydrogens is 271 g/mol. The molecule has 4 nitrogen and oxygen atoms in total. The Hall–Kier alpha value is -1.17. The normalized spacial score (nSPS) is 24.1. The minimum absolute atomic E-state index is 0.0459. The van der Waals surface area contributed by atoms with Crippen molar-refractivity contribution in [2.24, 2.45) is 0 Å². The zero-order chi connectivity index (χ0) is 15.4. The molecule has 1 heterocycles. The SMILES string of the molecule is CCNC(C)c1cccc(F)c1N1CC(CO)OCC1C. The molecule has 21 heavy (non-hydrogen) atoms. The summed E-state index contributed by atoms with van der Waals surface area (Å²) in [5, 5.41) is 12.7. The molecule has 118 valence electrons. The largest absolute Gasteiger partial charge is 0.394 e. The number of aliphatic hydroxyl groups excluding tert-OH is 1. The molecule has 0 spiro atoms. The highest BCUT2D eigenvalue weighted by molar-refractivity contribution is 5.57. The van der Waals surface area contributed by atoms with Crippen molar-refractivity contribution in [2.75, 3.05) is 31.2 Å². The molecule has 0 amide bonds. The van der Waals surface area contributed by atoms with Gasteiger partial charge in [-0.15, -0.1) is 0 Å². The monoisotopic (exact) mass is 296 g/mol. The number of hydrogen-bond acceptors (Lipinski definition) is 4. The van der Waals surface area contributed by atoms with Crippen LogP contribution in [0.2, 0.25) is 0 Å². The van der Waals surface area contributed by atoms with Crippen molar-refractivity contribution in [3.8, 4) is 0 Å². The molecule has 1 aromatic carbocycles. The summed E-state index contributed by atoms with van der Waals surface area (Å²) < 4.78 is 20.0. The van der Waals surface area contributed by atoms with Gasteiger partial charge >= 0.3 is 0 Å². The minimum Gasteiger partial charge on any atom is -0.394 e. The number of rotatable bonds is 5. The van der Waals surface area contributed by atoms with E-state index in [4.69, 9.17) is 4.74 Å². The molecule has 0 bridgehead atoms. The number of hydrogen-bond donors (Lipinski definition) is 2. The lowest BCUT2D eigenvalue weighted by atomic mass is 10.0. The van der Waals surface area contributed by atoms with E-state index in [1.54, 1.807) is 6.07 Å². The van der Waals surface area contributed by atoms with Crippen molar-refractivity contribution in [2.45, 2.75) is 39.0 Å². The fourth-order valence-corrected chi connectivity index (χ4v) is 2.84. The summed E-state index contributed by atoms with van der Waals surface area (Å²) in [5.41, 5.74) is 1.57. The maximum atomic E-state index is 14.5. The number of para-hydroxylation sites is 1. The van der Waals surface area contributed by atoms with E-state index < -0.39 is 0 Å². The molecule has 1 saturated heterocycles. The fourth-order valence-electron chi connectivity index (χ4n) is 2.84. The number of nitrogens with one attached hydrogen (secondary N) is 1. The summed E-state index contributed by atoms with van der Waals surface area (Å²) in [7, 11) is 0. The molecule has 3 unspecified atom stereocenters. The summed E-state index contributed by atoms with van der Waals surface area (Å²) in [4.78, 5) is 2.02. The van der Waals surface area contributed by atoms with E-state index >= 15 is 0 Å². The molecule has 3 atom stereocenters. The first-order chi connectivity index (χ1) is 10.1. The van der Waals surface area contributed by atoms with Crippen LogP contribution in [0.5, 0.6) is 0 Å². The Balaban J connectivity index is 2.36. The Morgan fingerprint density at radius 2 is 2.29 bits per heavy atom. The molecule has 0 radical (unpaired) electrons. The first-order valence-corrected chi connectivity index (χ1v) is 7.59. The van der Waals surface area contributed by atoms with Crippen LogP contribution in [0.3, 0.4) is 0 Å². The molecule has 0 saturated carbocycles. The Bertz CT molecular complexity index is 470. The molecule has 2 rings (SSSR count). The van der Waals surface area contributed by atoms with Crippen LogP contribution < -0.4 is 10.2 Å². The number of ether oxygens (including phenoxy) is 1. The predicted molar refractivity (Wildman–Crippen MR) is 82.1 cm³/mol. The molecule has 1 aliphatic rings. The van der Waals surface area contributed by atoms with Gasteiger partial charge in [-0.2, -0.15) is 0 Å². The van der Waals surface area contributed by atoms with E-state index in [0.717, 1.165) is 12.1 Å². The van der Waals surface area contributed by atoms with E-state index in [1.165, 1.54) is 6.07 Å². The Morgan fingerprint density at radius 3 is 2.95 bits per heavy atom. The Labute approximate surface area is 125 Å². The zero-order valence-corrected chi connectivity index (χ0v) is 13.0. The second-order valence-corrected chi connectivity index (χ2v) is 5.60. The third-order valence-corrected chi connectivity index (χ3v) is 3.99. The van der Waals surface area contributed by atoms with Crippen LogP contribution in [-0.2, 0) is 4.74 Å². The summed E-state index contributed by atoms with van der Waals surface area (Å²) >= 11 is 0. The van der Waals surface area contributed by atoms with Crippen molar-refractivity contribution in [3.63, 3.8) is 0 Å². The number of halogens is 1. The average Bonchev–Trinajstić information content (AvgIpc) is 2.48. The molecular formula is C16H25FN2O2. The van der Waals surface area contributed by atoms with Crippen LogP contribution in [-0.4, -0.2) is 43.6 Å². The smallest absolute Gasteiger partial charge is 0.146 e.